The summed E-state index contributed by atoms with van der Waals surface area (Å²) in [6.07, 6.45) is 5.15. The Morgan fingerprint density at radius 2 is 1.45 bits per heavy atom. The molecule has 4 heterocycles. The molecule has 2 bridgehead atoms. The van der Waals surface area contributed by atoms with E-state index in [0.29, 0.717) is 12.5 Å². The lowest BCUT2D eigenvalue weighted by atomic mass is 9.95. The van der Waals surface area contributed by atoms with Crippen molar-refractivity contribution in [3.05, 3.63) is 72.4 Å². The lowest BCUT2D eigenvalue weighted by Gasteiger charge is -2.37. The number of hydrogen-bond donors (Lipinski definition) is 4. The van der Waals surface area contributed by atoms with Crippen LogP contribution in [0, 0.1) is 17.8 Å². The van der Waals surface area contributed by atoms with Crippen molar-refractivity contribution in [3.63, 3.8) is 0 Å². The Kier molecular flexibility index (Phi) is 10.6. The van der Waals surface area contributed by atoms with Gasteiger partial charge >= 0.3 is 12.2 Å². The molecular weight excluding hydrogens is 737 g/mol. The monoisotopic (exact) mass is 788 g/mol. The largest absolute Gasteiger partial charge is 0.453 e. The molecule has 4 amide bonds. The van der Waals surface area contributed by atoms with Crippen LogP contribution >= 0.6 is 0 Å². The van der Waals surface area contributed by atoms with Gasteiger partial charge in [-0.3, -0.25) is 9.59 Å². The van der Waals surface area contributed by atoms with Crippen molar-refractivity contribution < 1.29 is 28.7 Å². The fourth-order valence-corrected chi connectivity index (χ4v) is 9.34. The Hall–Kier alpha value is -5.92. The van der Waals surface area contributed by atoms with E-state index < -0.39 is 24.3 Å². The number of methoxy groups -OCH3 is 2. The molecule has 8 rings (SSSR count). The molecule has 2 aliphatic heterocycles. The molecule has 58 heavy (non-hydrogen) atoms. The van der Waals surface area contributed by atoms with Crippen LogP contribution < -0.4 is 10.6 Å². The topological polar surface area (TPSA) is 175 Å². The van der Waals surface area contributed by atoms with Crippen molar-refractivity contribution in [2.75, 3.05) is 20.8 Å². The number of nitrogens with one attached hydrogen (secondary N) is 4. The summed E-state index contributed by atoms with van der Waals surface area (Å²) in [6, 6.07) is 17.2. The number of piperidine rings is 1. The van der Waals surface area contributed by atoms with Crippen molar-refractivity contribution in [3.8, 4) is 22.4 Å². The predicted molar refractivity (Wildman–Crippen MR) is 219 cm³/mol. The van der Waals surface area contributed by atoms with Crippen LogP contribution in [0.4, 0.5) is 9.59 Å². The quantitative estimate of drug-likeness (QED) is 0.115. The minimum absolute atomic E-state index is 0.0951. The number of aromatic nitrogens is 4. The SMILES string of the molecule is COC(=O)NC(C(=O)N1CCCC1c1nc2c(ccc3cc(-c4ccc(-c5cnc(C6C7CCC(C7)N6C(=O)C(NC(=O)OC)C(C)C)[nH]5)cc4)ccc32)[nH]1)C(C)C. The molecule has 1 aliphatic carbocycles. The molecule has 5 aromatic rings. The van der Waals surface area contributed by atoms with Gasteiger partial charge in [-0.05, 0) is 84.1 Å². The van der Waals surface area contributed by atoms with E-state index in [0.717, 1.165) is 87.9 Å². The number of nitrogens with zero attached hydrogens (tertiary/aromatic N) is 4. The number of carbonyl (C=O) groups excluding carboxylic acids is 4. The van der Waals surface area contributed by atoms with Crippen LogP contribution in [-0.4, -0.2) is 92.6 Å². The lowest BCUT2D eigenvalue weighted by Crippen LogP contribution is -2.54. The third kappa shape index (κ3) is 7.13. The summed E-state index contributed by atoms with van der Waals surface area (Å²) in [6.45, 7) is 8.26. The molecule has 2 saturated heterocycles. The van der Waals surface area contributed by atoms with Gasteiger partial charge in [-0.1, -0.05) is 70.2 Å². The Morgan fingerprint density at radius 3 is 2.14 bits per heavy atom. The van der Waals surface area contributed by atoms with Gasteiger partial charge in [0.05, 0.1) is 49.2 Å². The van der Waals surface area contributed by atoms with Crippen LogP contribution in [0.3, 0.4) is 0 Å². The van der Waals surface area contributed by atoms with Gasteiger partial charge in [0, 0.05) is 18.0 Å². The van der Waals surface area contributed by atoms with Crippen LogP contribution in [0.2, 0.25) is 0 Å². The number of amides is 4. The summed E-state index contributed by atoms with van der Waals surface area (Å²) < 4.78 is 9.61. The molecule has 1 saturated carbocycles. The summed E-state index contributed by atoms with van der Waals surface area (Å²) in [7, 11) is 2.60. The minimum Gasteiger partial charge on any atom is -0.453 e. The number of likely N-dealkylation sites (tertiary alicyclic amines) is 2. The van der Waals surface area contributed by atoms with E-state index >= 15 is 0 Å². The van der Waals surface area contributed by atoms with Crippen LogP contribution in [0.25, 0.3) is 44.2 Å². The molecule has 0 radical (unpaired) electrons. The van der Waals surface area contributed by atoms with Gasteiger partial charge in [-0.15, -0.1) is 0 Å². The van der Waals surface area contributed by atoms with Crippen LogP contribution in [0.1, 0.15) is 83.5 Å². The summed E-state index contributed by atoms with van der Waals surface area (Å²) in [5, 5.41) is 7.54. The number of hydrogen-bond acceptors (Lipinski definition) is 8. The standard InChI is InChI=1S/C44H52N8O6/c1-23(2)35(49-43(55)57-5)41(53)51-19-7-8-34(51)39-46-32-18-15-28-20-27(14-17-31(28)37(32)48-39)25-9-11-26(12-10-25)33-22-45-40(47-33)38-29-13-16-30(21-29)52(38)42(54)36(24(3)4)50-44(56)58-6/h9-12,14-15,17-18,20,22-24,29-30,34-36,38H,7-8,13,16,19,21H2,1-6H3,(H,45,47)(H,46,48)(H,49,55)(H,50,56). The number of fused-ring (bicyclic) bond motifs is 5. The molecule has 0 spiro atoms. The van der Waals surface area contributed by atoms with E-state index in [-0.39, 0.29) is 41.8 Å². The molecule has 304 valence electrons. The summed E-state index contributed by atoms with van der Waals surface area (Å²) >= 11 is 0. The second-order valence-electron chi connectivity index (χ2n) is 16.6. The highest BCUT2D eigenvalue weighted by Crippen LogP contribution is 2.50. The average Bonchev–Trinajstić information content (AvgIpc) is 4.09. The number of aromatic amines is 2. The Labute approximate surface area is 337 Å². The van der Waals surface area contributed by atoms with Gasteiger partial charge in [0.1, 0.15) is 23.7 Å². The van der Waals surface area contributed by atoms with Gasteiger partial charge in [0.2, 0.25) is 11.8 Å². The second-order valence-corrected chi connectivity index (χ2v) is 16.6. The zero-order valence-corrected chi connectivity index (χ0v) is 33.9. The van der Waals surface area contributed by atoms with E-state index in [1.165, 1.54) is 14.2 Å². The number of ether oxygens (including phenoxy) is 2. The number of H-pyrrole nitrogens is 2. The summed E-state index contributed by atoms with van der Waals surface area (Å²) in [5.41, 5.74) is 5.76. The molecule has 14 nitrogen and oxygen atoms in total. The van der Waals surface area contributed by atoms with Gasteiger partial charge in [0.25, 0.3) is 0 Å². The molecule has 6 unspecified atom stereocenters. The first kappa shape index (κ1) is 38.9. The Balaban J connectivity index is 0.997. The van der Waals surface area contributed by atoms with Gasteiger partial charge < -0.3 is 39.9 Å². The van der Waals surface area contributed by atoms with E-state index in [1.807, 2.05) is 49.8 Å². The zero-order chi connectivity index (χ0) is 40.8. The van der Waals surface area contributed by atoms with E-state index in [9.17, 15) is 19.2 Å². The van der Waals surface area contributed by atoms with Gasteiger partial charge in [-0.25, -0.2) is 19.6 Å². The average molecular weight is 789 g/mol. The molecule has 3 aromatic carbocycles. The second kappa shape index (κ2) is 15.8. The molecule has 3 fully saturated rings. The molecular formula is C44H52N8O6. The normalized spacial score (nSPS) is 21.2. The predicted octanol–water partition coefficient (Wildman–Crippen LogP) is 7.25. The van der Waals surface area contributed by atoms with Crippen molar-refractivity contribution in [1.29, 1.82) is 0 Å². The first-order valence-corrected chi connectivity index (χ1v) is 20.3. The Morgan fingerprint density at radius 1 is 0.776 bits per heavy atom. The number of alkyl carbamates (subject to hydrolysis) is 2. The molecule has 3 aliphatic rings. The number of imidazole rings is 2. The first-order valence-electron chi connectivity index (χ1n) is 20.3. The third-order valence-electron chi connectivity index (χ3n) is 12.4. The van der Waals surface area contributed by atoms with Crippen molar-refractivity contribution in [1.82, 2.24) is 40.4 Å². The Bertz CT molecular complexity index is 2350. The van der Waals surface area contributed by atoms with Crippen molar-refractivity contribution >= 4 is 45.8 Å². The maximum absolute atomic E-state index is 14.0. The van der Waals surface area contributed by atoms with Gasteiger partial charge in [-0.2, -0.15) is 0 Å². The molecule has 6 atom stereocenters. The zero-order valence-electron chi connectivity index (χ0n) is 33.9. The number of rotatable bonds is 10. The van der Waals surface area contributed by atoms with Crippen molar-refractivity contribution in [2.24, 2.45) is 17.8 Å². The summed E-state index contributed by atoms with van der Waals surface area (Å²) in [4.78, 5) is 72.5. The maximum atomic E-state index is 14.0. The van der Waals surface area contributed by atoms with E-state index in [1.54, 1.807) is 0 Å². The lowest BCUT2D eigenvalue weighted by molar-refractivity contribution is -0.139. The smallest absolute Gasteiger partial charge is 0.407 e. The first-order chi connectivity index (χ1) is 27.9. The minimum atomic E-state index is -0.695. The number of benzene rings is 3. The molecule has 4 N–H and O–H groups in total. The maximum Gasteiger partial charge on any atom is 0.407 e. The molecule has 14 heteroatoms. The highest BCUT2D eigenvalue weighted by molar-refractivity contribution is 6.05. The van der Waals surface area contributed by atoms with Gasteiger partial charge in [0.15, 0.2) is 0 Å². The summed E-state index contributed by atoms with van der Waals surface area (Å²) in [5.74, 6) is 1.37. The fraction of sp³-hybridized carbons (Fsp3) is 0.455. The van der Waals surface area contributed by atoms with Crippen molar-refractivity contribution in [2.45, 2.75) is 90.0 Å². The highest BCUT2D eigenvalue weighted by atomic mass is 16.5. The van der Waals surface area contributed by atoms with Crippen LogP contribution in [-0.2, 0) is 19.1 Å². The fourth-order valence-electron chi connectivity index (χ4n) is 9.34. The van der Waals surface area contributed by atoms with Crippen LogP contribution in [0.5, 0.6) is 0 Å². The van der Waals surface area contributed by atoms with E-state index in [4.69, 9.17) is 19.4 Å². The third-order valence-corrected chi connectivity index (χ3v) is 12.4. The highest BCUT2D eigenvalue weighted by Gasteiger charge is 2.51. The number of carbonyl (C=O) groups is 4. The molecule has 2 aromatic heterocycles. The van der Waals surface area contributed by atoms with E-state index in [2.05, 4.69) is 69.1 Å². The van der Waals surface area contributed by atoms with Crippen LogP contribution in [0.15, 0.2) is 60.8 Å².